The highest BCUT2D eigenvalue weighted by Crippen LogP contribution is 2.16. The average molecular weight is 794 g/mol. The quantitative estimate of drug-likeness (QED) is 0.0326. The largest absolute Gasteiger partial charge is 0.462 e. The van der Waals surface area contributed by atoms with E-state index in [2.05, 4.69) is 111 Å². The molecule has 326 valence electrons. The lowest BCUT2D eigenvalue weighted by atomic mass is 10.0. The van der Waals surface area contributed by atoms with Crippen molar-refractivity contribution in [3.8, 4) is 0 Å². The Labute approximate surface area is 351 Å². The van der Waals surface area contributed by atoms with Crippen molar-refractivity contribution in [2.45, 2.75) is 219 Å². The summed E-state index contributed by atoms with van der Waals surface area (Å²) in [6.45, 7) is 6.20. The van der Waals surface area contributed by atoms with Crippen LogP contribution in [0.5, 0.6) is 0 Å². The minimum atomic E-state index is -0.808. The average Bonchev–Trinajstić information content (AvgIpc) is 3.20. The summed E-state index contributed by atoms with van der Waals surface area (Å²) in [4.78, 5) is 26.0. The first-order chi connectivity index (χ1) is 28.0. The van der Waals surface area contributed by atoms with Gasteiger partial charge in [0, 0.05) is 6.42 Å². The second-order valence-corrected chi connectivity index (χ2v) is 15.4. The molecular formula is C51H87NO5. The molecule has 0 bridgehead atoms. The number of hydrogen-bond acceptors (Lipinski definition) is 5. The zero-order chi connectivity index (χ0) is 41.7. The Balaban J connectivity index is 4.76. The summed E-state index contributed by atoms with van der Waals surface area (Å²) in [6, 6.07) is -0.726. The predicted octanol–water partition coefficient (Wildman–Crippen LogP) is 13.6. The number of carbonyl (C=O) groups excluding carboxylic acids is 2. The van der Waals surface area contributed by atoms with Crippen molar-refractivity contribution in [1.29, 1.82) is 0 Å². The highest BCUT2D eigenvalue weighted by molar-refractivity contribution is 5.77. The number of allylic oxidation sites excluding steroid dienone is 14. The van der Waals surface area contributed by atoms with Gasteiger partial charge in [-0.05, 0) is 89.9 Å². The molecular weight excluding hydrogens is 707 g/mol. The number of ether oxygens (including phenoxy) is 1. The molecule has 57 heavy (non-hydrogen) atoms. The van der Waals surface area contributed by atoms with Gasteiger partial charge >= 0.3 is 5.97 Å². The van der Waals surface area contributed by atoms with Crippen molar-refractivity contribution in [1.82, 2.24) is 5.32 Å². The van der Waals surface area contributed by atoms with Crippen LogP contribution in [0.3, 0.4) is 0 Å². The summed E-state index contributed by atoms with van der Waals surface area (Å²) in [5, 5.41) is 23.6. The molecule has 0 aromatic heterocycles. The van der Waals surface area contributed by atoms with Crippen LogP contribution in [-0.4, -0.2) is 46.9 Å². The van der Waals surface area contributed by atoms with Gasteiger partial charge in [0.1, 0.15) is 6.10 Å². The Morgan fingerprint density at radius 3 is 1.47 bits per heavy atom. The molecule has 0 saturated heterocycles. The number of unbranched alkanes of at least 4 members (excludes halogenated alkanes) is 14. The lowest BCUT2D eigenvalue weighted by Gasteiger charge is -2.24. The van der Waals surface area contributed by atoms with E-state index in [0.717, 1.165) is 109 Å². The third-order valence-corrected chi connectivity index (χ3v) is 9.97. The van der Waals surface area contributed by atoms with Gasteiger partial charge in [-0.1, -0.05) is 183 Å². The molecule has 6 nitrogen and oxygen atoms in total. The van der Waals surface area contributed by atoms with Crippen LogP contribution in [0.25, 0.3) is 0 Å². The lowest BCUT2D eigenvalue weighted by Crippen LogP contribution is -2.46. The fourth-order valence-corrected chi connectivity index (χ4v) is 6.50. The minimum absolute atomic E-state index is 0.0262. The summed E-state index contributed by atoms with van der Waals surface area (Å²) < 4.78 is 5.87. The molecule has 0 saturated carbocycles. The van der Waals surface area contributed by atoms with Crippen LogP contribution in [-0.2, 0) is 14.3 Å². The second kappa shape index (κ2) is 44.1. The molecule has 3 unspecified atom stereocenters. The third-order valence-electron chi connectivity index (χ3n) is 9.97. The molecule has 3 N–H and O–H groups in total. The van der Waals surface area contributed by atoms with Gasteiger partial charge in [0.25, 0.3) is 0 Å². The van der Waals surface area contributed by atoms with Crippen LogP contribution in [0.15, 0.2) is 85.1 Å². The van der Waals surface area contributed by atoms with Crippen LogP contribution in [0.2, 0.25) is 0 Å². The molecule has 0 aromatic carbocycles. The van der Waals surface area contributed by atoms with E-state index in [1.165, 1.54) is 44.9 Å². The van der Waals surface area contributed by atoms with Crippen LogP contribution >= 0.6 is 0 Å². The first-order valence-electron chi connectivity index (χ1n) is 23.3. The number of aliphatic hydroxyl groups excluding tert-OH is 2. The fraction of sp³-hybridized carbons (Fsp3) is 0.686. The molecule has 3 atom stereocenters. The smallest absolute Gasteiger partial charge is 0.306 e. The van der Waals surface area contributed by atoms with E-state index in [1.807, 2.05) is 0 Å². The Kier molecular flexibility index (Phi) is 41.9. The molecule has 0 aliphatic rings. The van der Waals surface area contributed by atoms with Gasteiger partial charge in [0.05, 0.1) is 25.2 Å². The number of nitrogens with one attached hydrogen (secondary N) is 1. The van der Waals surface area contributed by atoms with Gasteiger partial charge in [-0.2, -0.15) is 0 Å². The number of esters is 1. The number of hydrogen-bond donors (Lipinski definition) is 3. The maximum Gasteiger partial charge on any atom is 0.306 e. The van der Waals surface area contributed by atoms with Crippen molar-refractivity contribution in [2.24, 2.45) is 0 Å². The molecule has 0 heterocycles. The summed E-state index contributed by atoms with van der Waals surface area (Å²) >= 11 is 0. The van der Waals surface area contributed by atoms with Gasteiger partial charge in [-0.25, -0.2) is 0 Å². The maximum atomic E-state index is 13.1. The van der Waals surface area contributed by atoms with Gasteiger partial charge < -0.3 is 20.3 Å². The van der Waals surface area contributed by atoms with E-state index in [-0.39, 0.29) is 24.9 Å². The van der Waals surface area contributed by atoms with E-state index in [4.69, 9.17) is 4.74 Å². The van der Waals surface area contributed by atoms with Crippen molar-refractivity contribution in [3.05, 3.63) is 85.1 Å². The summed E-state index contributed by atoms with van der Waals surface area (Å²) in [7, 11) is 0. The third kappa shape index (κ3) is 39.6. The summed E-state index contributed by atoms with van der Waals surface area (Å²) in [5.41, 5.74) is 0. The van der Waals surface area contributed by atoms with Crippen LogP contribution in [0.4, 0.5) is 0 Å². The molecule has 1 amide bonds. The van der Waals surface area contributed by atoms with Crippen LogP contribution < -0.4 is 5.32 Å². The Morgan fingerprint density at radius 1 is 0.526 bits per heavy atom. The fourth-order valence-electron chi connectivity index (χ4n) is 6.50. The van der Waals surface area contributed by atoms with E-state index in [0.29, 0.717) is 19.3 Å². The zero-order valence-corrected chi connectivity index (χ0v) is 36.9. The maximum absolute atomic E-state index is 13.1. The topological polar surface area (TPSA) is 95.9 Å². The second-order valence-electron chi connectivity index (χ2n) is 15.4. The SMILES string of the molecule is CC/C=C/C/C=C/C/C=C/C/C=C/CCCC(CC(=O)NC(CO)C(O)CCCCCCCCCCCC)OC(=O)CCCCCC/C=C/C/C=C/C/C=C/CC. The monoisotopic (exact) mass is 794 g/mol. The van der Waals surface area contributed by atoms with Crippen LogP contribution in [0, 0.1) is 0 Å². The highest BCUT2D eigenvalue weighted by Gasteiger charge is 2.24. The number of aliphatic hydroxyl groups is 2. The van der Waals surface area contributed by atoms with Gasteiger partial charge in [-0.15, -0.1) is 0 Å². The molecule has 6 heteroatoms. The van der Waals surface area contributed by atoms with Crippen molar-refractivity contribution < 1.29 is 24.5 Å². The van der Waals surface area contributed by atoms with Gasteiger partial charge in [0.2, 0.25) is 5.91 Å². The Morgan fingerprint density at radius 2 is 0.965 bits per heavy atom. The molecule has 0 aliphatic heterocycles. The van der Waals surface area contributed by atoms with Gasteiger partial charge in [0.15, 0.2) is 0 Å². The van der Waals surface area contributed by atoms with Crippen LogP contribution in [0.1, 0.15) is 201 Å². The van der Waals surface area contributed by atoms with E-state index in [1.54, 1.807) is 0 Å². The Hall–Kier alpha value is -2.96. The first-order valence-corrected chi connectivity index (χ1v) is 23.3. The standard InChI is InChI=1S/C51H87NO5/c1-4-7-10-13-16-19-22-24-26-28-30-33-36-39-42-47(57-51(56)44-41-38-35-32-29-27-25-23-20-17-14-11-8-5-2)45-50(55)52-48(46-53)49(54)43-40-37-34-31-21-18-15-12-9-6-3/h7-8,10-11,16-17,19-20,24-27,30,33,47-49,53-54H,4-6,9,12-15,18,21-23,28-29,31-32,34-46H2,1-3H3,(H,52,55)/b10-7+,11-8+,19-16+,20-17+,26-24+,27-25+,33-30+. The van der Waals surface area contributed by atoms with Crippen molar-refractivity contribution >= 4 is 11.9 Å². The number of carbonyl (C=O) groups is 2. The molecule has 0 radical (unpaired) electrons. The zero-order valence-electron chi connectivity index (χ0n) is 36.9. The first kappa shape index (κ1) is 54.0. The number of rotatable bonds is 40. The van der Waals surface area contributed by atoms with E-state index in [9.17, 15) is 19.8 Å². The molecule has 0 spiro atoms. The highest BCUT2D eigenvalue weighted by atomic mass is 16.5. The lowest BCUT2D eigenvalue weighted by molar-refractivity contribution is -0.151. The van der Waals surface area contributed by atoms with Crippen molar-refractivity contribution in [3.63, 3.8) is 0 Å². The molecule has 0 fully saturated rings. The van der Waals surface area contributed by atoms with E-state index < -0.39 is 18.2 Å². The molecule has 0 aromatic rings. The normalized spacial score (nSPS) is 14.1. The Bertz CT molecular complexity index is 1120. The predicted molar refractivity (Wildman–Crippen MR) is 245 cm³/mol. The summed E-state index contributed by atoms with van der Waals surface area (Å²) in [6.07, 6.45) is 56.4. The molecule has 0 aliphatic carbocycles. The van der Waals surface area contributed by atoms with Crippen molar-refractivity contribution in [2.75, 3.05) is 6.61 Å². The minimum Gasteiger partial charge on any atom is -0.462 e. The summed E-state index contributed by atoms with van der Waals surface area (Å²) in [5.74, 6) is -0.564. The van der Waals surface area contributed by atoms with Gasteiger partial charge in [-0.3, -0.25) is 9.59 Å². The molecule has 0 rings (SSSR count). The number of amides is 1. The van der Waals surface area contributed by atoms with E-state index >= 15 is 0 Å².